The summed E-state index contributed by atoms with van der Waals surface area (Å²) in [6.45, 7) is 4.12. The standard InChI is InChI=1S/C22H19N3O2S/c1-15-5-10-19(14-16(15)2)28-22-20(4-3-12-24-22)21(26)25-17-6-8-18(9-7-17)27-13-11-23/h3-10,12,14H,13H2,1-2H3,(H,25,26). The van der Waals surface area contributed by atoms with Gasteiger partial charge in [0.2, 0.25) is 0 Å². The van der Waals surface area contributed by atoms with E-state index in [-0.39, 0.29) is 12.5 Å². The number of nitrogens with one attached hydrogen (secondary N) is 1. The monoisotopic (exact) mass is 389 g/mol. The number of carbonyl (C=O) groups excluding carboxylic acids is 1. The van der Waals surface area contributed by atoms with Crippen molar-refractivity contribution in [3.8, 4) is 11.8 Å². The van der Waals surface area contributed by atoms with Gasteiger partial charge in [0.25, 0.3) is 5.91 Å². The molecule has 0 aliphatic carbocycles. The van der Waals surface area contributed by atoms with E-state index in [9.17, 15) is 4.79 Å². The fourth-order valence-electron chi connectivity index (χ4n) is 2.48. The first-order chi connectivity index (χ1) is 13.6. The van der Waals surface area contributed by atoms with Gasteiger partial charge in [0.15, 0.2) is 6.61 Å². The molecule has 0 atom stereocenters. The SMILES string of the molecule is Cc1ccc(Sc2ncccc2C(=O)Nc2ccc(OCC#N)cc2)cc1C. The van der Waals surface area contributed by atoms with Gasteiger partial charge in [0, 0.05) is 16.8 Å². The van der Waals surface area contributed by atoms with E-state index in [1.54, 1.807) is 42.6 Å². The summed E-state index contributed by atoms with van der Waals surface area (Å²) in [6, 6.07) is 18.5. The van der Waals surface area contributed by atoms with Crippen molar-refractivity contribution in [1.82, 2.24) is 4.98 Å². The lowest BCUT2D eigenvalue weighted by Crippen LogP contribution is -2.13. The number of rotatable bonds is 6. The van der Waals surface area contributed by atoms with Crippen LogP contribution in [0.2, 0.25) is 0 Å². The molecular formula is C22H19N3O2S. The van der Waals surface area contributed by atoms with Crippen molar-refractivity contribution >= 4 is 23.4 Å². The Labute approximate surface area is 168 Å². The van der Waals surface area contributed by atoms with E-state index in [4.69, 9.17) is 10.00 Å². The normalized spacial score (nSPS) is 10.2. The van der Waals surface area contributed by atoms with Gasteiger partial charge in [-0.15, -0.1) is 0 Å². The predicted octanol–water partition coefficient (Wildman–Crippen LogP) is 5.00. The zero-order valence-corrected chi connectivity index (χ0v) is 16.4. The smallest absolute Gasteiger partial charge is 0.258 e. The van der Waals surface area contributed by atoms with Crippen molar-refractivity contribution in [3.63, 3.8) is 0 Å². The first-order valence-corrected chi connectivity index (χ1v) is 9.50. The second kappa shape index (κ2) is 9.07. The van der Waals surface area contributed by atoms with Crippen LogP contribution in [-0.2, 0) is 0 Å². The highest BCUT2D eigenvalue weighted by Crippen LogP contribution is 2.30. The molecule has 0 saturated heterocycles. The molecule has 1 heterocycles. The van der Waals surface area contributed by atoms with Gasteiger partial charge < -0.3 is 10.1 Å². The molecule has 1 N–H and O–H groups in total. The molecule has 140 valence electrons. The first kappa shape index (κ1) is 19.5. The number of nitrogens with zero attached hydrogens (tertiary/aromatic N) is 2. The second-order valence-corrected chi connectivity index (χ2v) is 7.19. The highest BCUT2D eigenvalue weighted by molar-refractivity contribution is 7.99. The molecule has 5 nitrogen and oxygen atoms in total. The fraction of sp³-hybridized carbons (Fsp3) is 0.136. The van der Waals surface area contributed by atoms with Crippen LogP contribution < -0.4 is 10.1 Å². The molecule has 0 fully saturated rings. The summed E-state index contributed by atoms with van der Waals surface area (Å²) in [7, 11) is 0. The minimum absolute atomic E-state index is 0.0134. The minimum atomic E-state index is -0.231. The zero-order chi connectivity index (χ0) is 19.9. The Morgan fingerprint density at radius 2 is 1.93 bits per heavy atom. The lowest BCUT2D eigenvalue weighted by atomic mass is 10.1. The summed E-state index contributed by atoms with van der Waals surface area (Å²) < 4.78 is 5.22. The molecule has 0 radical (unpaired) electrons. The van der Waals surface area contributed by atoms with Gasteiger partial charge in [-0.25, -0.2) is 4.98 Å². The summed E-state index contributed by atoms with van der Waals surface area (Å²) in [5.41, 5.74) is 3.58. The molecule has 0 saturated carbocycles. The van der Waals surface area contributed by atoms with Crippen LogP contribution in [0.5, 0.6) is 5.75 Å². The largest absolute Gasteiger partial charge is 0.479 e. The Balaban J connectivity index is 1.75. The van der Waals surface area contributed by atoms with Crippen LogP contribution in [0.1, 0.15) is 21.5 Å². The van der Waals surface area contributed by atoms with Crippen LogP contribution >= 0.6 is 11.8 Å². The number of pyridine rings is 1. The average Bonchev–Trinajstić information content (AvgIpc) is 2.70. The zero-order valence-electron chi connectivity index (χ0n) is 15.6. The number of ether oxygens (including phenoxy) is 1. The van der Waals surface area contributed by atoms with E-state index < -0.39 is 0 Å². The molecule has 0 aliphatic rings. The summed E-state index contributed by atoms with van der Waals surface area (Å²) >= 11 is 1.46. The lowest BCUT2D eigenvalue weighted by Gasteiger charge is -2.10. The van der Waals surface area contributed by atoms with E-state index in [2.05, 4.69) is 36.3 Å². The van der Waals surface area contributed by atoms with E-state index >= 15 is 0 Å². The number of hydrogen-bond acceptors (Lipinski definition) is 5. The van der Waals surface area contributed by atoms with Crippen LogP contribution in [0.25, 0.3) is 0 Å². The van der Waals surface area contributed by atoms with E-state index in [0.29, 0.717) is 22.0 Å². The molecule has 1 amide bonds. The number of hydrogen-bond donors (Lipinski definition) is 1. The van der Waals surface area contributed by atoms with Crippen molar-refractivity contribution in [2.24, 2.45) is 0 Å². The number of nitriles is 1. The fourth-order valence-corrected chi connectivity index (χ4v) is 3.46. The highest BCUT2D eigenvalue weighted by atomic mass is 32.2. The van der Waals surface area contributed by atoms with Crippen LogP contribution in [0.4, 0.5) is 5.69 Å². The Morgan fingerprint density at radius 3 is 2.64 bits per heavy atom. The number of benzene rings is 2. The number of carbonyl (C=O) groups is 1. The van der Waals surface area contributed by atoms with Gasteiger partial charge in [-0.3, -0.25) is 4.79 Å². The molecule has 1 aromatic heterocycles. The van der Waals surface area contributed by atoms with Crippen LogP contribution in [-0.4, -0.2) is 17.5 Å². The van der Waals surface area contributed by atoms with Gasteiger partial charge >= 0.3 is 0 Å². The summed E-state index contributed by atoms with van der Waals surface area (Å²) in [6.07, 6.45) is 1.68. The predicted molar refractivity (Wildman–Crippen MR) is 110 cm³/mol. The molecular weight excluding hydrogens is 370 g/mol. The summed E-state index contributed by atoms with van der Waals surface area (Å²) in [5.74, 6) is 0.344. The van der Waals surface area contributed by atoms with Crippen LogP contribution in [0, 0.1) is 25.2 Å². The third-order valence-corrected chi connectivity index (χ3v) is 5.13. The molecule has 6 heteroatoms. The Kier molecular flexibility index (Phi) is 6.30. The molecule has 3 aromatic rings. The maximum Gasteiger partial charge on any atom is 0.258 e. The average molecular weight is 389 g/mol. The lowest BCUT2D eigenvalue weighted by molar-refractivity contribution is 0.102. The maximum absolute atomic E-state index is 12.8. The van der Waals surface area contributed by atoms with Gasteiger partial charge in [0.05, 0.1) is 5.56 Å². The van der Waals surface area contributed by atoms with Gasteiger partial charge in [0.1, 0.15) is 16.8 Å². The Morgan fingerprint density at radius 1 is 1.14 bits per heavy atom. The number of anilines is 1. The van der Waals surface area contributed by atoms with Crippen molar-refractivity contribution in [1.29, 1.82) is 5.26 Å². The number of aryl methyl sites for hydroxylation is 2. The van der Waals surface area contributed by atoms with Gasteiger partial charge in [-0.05, 0) is 73.5 Å². The molecule has 0 aliphatic heterocycles. The topological polar surface area (TPSA) is 75.0 Å². The molecule has 28 heavy (non-hydrogen) atoms. The van der Waals surface area contributed by atoms with Gasteiger partial charge in [-0.1, -0.05) is 17.8 Å². The first-order valence-electron chi connectivity index (χ1n) is 8.68. The van der Waals surface area contributed by atoms with Crippen LogP contribution in [0.15, 0.2) is 70.7 Å². The number of aromatic nitrogens is 1. The highest BCUT2D eigenvalue weighted by Gasteiger charge is 2.14. The quantitative estimate of drug-likeness (QED) is 0.642. The third kappa shape index (κ3) is 4.90. The maximum atomic E-state index is 12.8. The van der Waals surface area contributed by atoms with E-state index in [1.807, 2.05) is 12.1 Å². The molecule has 3 rings (SSSR count). The van der Waals surface area contributed by atoms with E-state index in [0.717, 1.165) is 4.90 Å². The minimum Gasteiger partial charge on any atom is -0.479 e. The Hall–Kier alpha value is -3.30. The van der Waals surface area contributed by atoms with Crippen molar-refractivity contribution < 1.29 is 9.53 Å². The molecule has 0 spiro atoms. The number of amides is 1. The van der Waals surface area contributed by atoms with Gasteiger partial charge in [-0.2, -0.15) is 5.26 Å². The van der Waals surface area contributed by atoms with Crippen molar-refractivity contribution in [2.75, 3.05) is 11.9 Å². The molecule has 0 unspecified atom stereocenters. The summed E-state index contributed by atoms with van der Waals surface area (Å²) in [4.78, 5) is 18.2. The molecule has 2 aromatic carbocycles. The molecule has 0 bridgehead atoms. The third-order valence-electron chi connectivity index (χ3n) is 4.12. The van der Waals surface area contributed by atoms with Crippen LogP contribution in [0.3, 0.4) is 0 Å². The van der Waals surface area contributed by atoms with Crippen molar-refractivity contribution in [2.45, 2.75) is 23.8 Å². The Bertz CT molecular complexity index is 1030. The summed E-state index contributed by atoms with van der Waals surface area (Å²) in [5, 5.41) is 12.1. The second-order valence-electron chi connectivity index (χ2n) is 6.13. The van der Waals surface area contributed by atoms with Crippen molar-refractivity contribution in [3.05, 3.63) is 77.5 Å². The van der Waals surface area contributed by atoms with E-state index in [1.165, 1.54) is 22.9 Å².